The molecule has 1 fully saturated rings. The summed E-state index contributed by atoms with van der Waals surface area (Å²) in [6.45, 7) is 10.2. The third-order valence-corrected chi connectivity index (χ3v) is 3.76. The first kappa shape index (κ1) is 17.1. The van der Waals surface area contributed by atoms with Gasteiger partial charge in [-0.1, -0.05) is 6.07 Å². The lowest BCUT2D eigenvalue weighted by Crippen LogP contribution is -2.45. The summed E-state index contributed by atoms with van der Waals surface area (Å²) < 4.78 is 16.8. The quantitative estimate of drug-likeness (QED) is 0.649. The molecule has 0 unspecified atom stereocenters. The first-order valence-electron chi connectivity index (χ1n) is 8.12. The molecule has 0 aromatic heterocycles. The van der Waals surface area contributed by atoms with Crippen LogP contribution in [0.25, 0.3) is 0 Å². The lowest BCUT2D eigenvalue weighted by molar-refractivity contribution is 0.0657. The molecule has 0 saturated carbocycles. The molecule has 1 heterocycles. The lowest BCUT2D eigenvalue weighted by atomic mass is 10.3. The van der Waals surface area contributed by atoms with Gasteiger partial charge in [-0.05, 0) is 26.1 Å². The average molecular weight is 308 g/mol. The summed E-state index contributed by atoms with van der Waals surface area (Å²) in [6, 6.07) is 7.72. The van der Waals surface area contributed by atoms with Crippen LogP contribution in [-0.4, -0.2) is 76.0 Å². The third kappa shape index (κ3) is 6.22. The van der Waals surface area contributed by atoms with E-state index in [4.69, 9.17) is 14.2 Å². The summed E-state index contributed by atoms with van der Waals surface area (Å²) in [5, 5.41) is 0. The Morgan fingerprint density at radius 3 is 2.41 bits per heavy atom. The molecule has 0 bridgehead atoms. The van der Waals surface area contributed by atoms with Gasteiger partial charge >= 0.3 is 0 Å². The zero-order valence-corrected chi connectivity index (χ0v) is 13.8. The predicted molar refractivity (Wildman–Crippen MR) is 87.9 cm³/mol. The summed E-state index contributed by atoms with van der Waals surface area (Å²) in [4.78, 5) is 4.81. The first-order chi connectivity index (χ1) is 10.8. The highest BCUT2D eigenvalue weighted by Gasteiger charge is 2.12. The van der Waals surface area contributed by atoms with Crippen molar-refractivity contribution < 1.29 is 14.2 Å². The van der Waals surface area contributed by atoms with E-state index in [9.17, 15) is 0 Å². The Hall–Kier alpha value is -1.30. The van der Waals surface area contributed by atoms with Crippen LogP contribution in [0.1, 0.15) is 6.92 Å². The zero-order chi connectivity index (χ0) is 15.6. The van der Waals surface area contributed by atoms with Gasteiger partial charge in [-0.2, -0.15) is 0 Å². The number of hydrogen-bond acceptors (Lipinski definition) is 5. The number of piperazine rings is 1. The average Bonchev–Trinajstić information content (AvgIpc) is 2.53. The highest BCUT2D eigenvalue weighted by molar-refractivity contribution is 5.32. The van der Waals surface area contributed by atoms with Crippen molar-refractivity contribution in [1.29, 1.82) is 0 Å². The van der Waals surface area contributed by atoms with Gasteiger partial charge < -0.3 is 19.1 Å². The van der Waals surface area contributed by atoms with Crippen molar-refractivity contribution in [3.63, 3.8) is 0 Å². The van der Waals surface area contributed by atoms with E-state index in [-0.39, 0.29) is 0 Å². The molecule has 0 radical (unpaired) electrons. The van der Waals surface area contributed by atoms with Gasteiger partial charge in [0.2, 0.25) is 0 Å². The minimum Gasteiger partial charge on any atom is -0.494 e. The molecular weight excluding hydrogens is 280 g/mol. The molecule has 0 aliphatic carbocycles. The van der Waals surface area contributed by atoms with E-state index in [1.54, 1.807) is 0 Å². The van der Waals surface area contributed by atoms with E-state index in [1.807, 2.05) is 31.2 Å². The van der Waals surface area contributed by atoms with Crippen molar-refractivity contribution in [1.82, 2.24) is 9.80 Å². The number of nitrogens with zero attached hydrogens (tertiary/aromatic N) is 2. The van der Waals surface area contributed by atoms with E-state index in [1.165, 1.54) is 0 Å². The number of hydrogen-bond donors (Lipinski definition) is 0. The summed E-state index contributed by atoms with van der Waals surface area (Å²) in [5.74, 6) is 1.67. The fraction of sp³-hybridized carbons (Fsp3) is 0.647. The molecular formula is C17H28N2O3. The molecule has 2 rings (SSSR count). The van der Waals surface area contributed by atoms with Gasteiger partial charge in [0.05, 0.1) is 19.8 Å². The molecule has 1 aromatic rings. The van der Waals surface area contributed by atoms with Crippen molar-refractivity contribution in [2.45, 2.75) is 6.92 Å². The molecule has 0 N–H and O–H groups in total. The van der Waals surface area contributed by atoms with Gasteiger partial charge in [0.25, 0.3) is 0 Å². The summed E-state index contributed by atoms with van der Waals surface area (Å²) in [5.41, 5.74) is 0. The highest BCUT2D eigenvalue weighted by Crippen LogP contribution is 2.19. The maximum atomic E-state index is 5.67. The number of likely N-dealkylation sites (N-methyl/N-ethyl adjacent to an activating group) is 1. The topological polar surface area (TPSA) is 34.2 Å². The molecule has 0 atom stereocenters. The molecule has 1 aliphatic heterocycles. The molecule has 22 heavy (non-hydrogen) atoms. The third-order valence-electron chi connectivity index (χ3n) is 3.76. The number of rotatable bonds is 9. The largest absolute Gasteiger partial charge is 0.494 e. The van der Waals surface area contributed by atoms with Gasteiger partial charge in [-0.3, -0.25) is 4.90 Å². The molecule has 1 saturated heterocycles. The van der Waals surface area contributed by atoms with Crippen LogP contribution in [0.3, 0.4) is 0 Å². The second-order valence-corrected chi connectivity index (χ2v) is 5.51. The SMILES string of the molecule is CCOc1cccc(OCCOCCN2CCN(C)CC2)c1. The minimum atomic E-state index is 0.568. The van der Waals surface area contributed by atoms with Crippen molar-refractivity contribution in [2.24, 2.45) is 0 Å². The van der Waals surface area contributed by atoms with E-state index in [0.29, 0.717) is 19.8 Å². The van der Waals surface area contributed by atoms with E-state index < -0.39 is 0 Å². The van der Waals surface area contributed by atoms with E-state index in [0.717, 1.165) is 50.8 Å². The van der Waals surface area contributed by atoms with Crippen LogP contribution in [0, 0.1) is 0 Å². The van der Waals surface area contributed by atoms with Crippen molar-refractivity contribution in [2.75, 3.05) is 66.2 Å². The van der Waals surface area contributed by atoms with Crippen LogP contribution in [0.15, 0.2) is 24.3 Å². The van der Waals surface area contributed by atoms with Gasteiger partial charge in [-0.25, -0.2) is 0 Å². The Balaban J connectivity index is 1.53. The van der Waals surface area contributed by atoms with Crippen LogP contribution >= 0.6 is 0 Å². The summed E-state index contributed by atoms with van der Waals surface area (Å²) in [7, 11) is 2.17. The maximum Gasteiger partial charge on any atom is 0.123 e. The predicted octanol–water partition coefficient (Wildman–Crippen LogP) is 1.73. The van der Waals surface area contributed by atoms with Crippen LogP contribution in [0.2, 0.25) is 0 Å². The Morgan fingerprint density at radius 1 is 0.955 bits per heavy atom. The highest BCUT2D eigenvalue weighted by atomic mass is 16.5. The fourth-order valence-corrected chi connectivity index (χ4v) is 2.41. The molecule has 5 heteroatoms. The zero-order valence-electron chi connectivity index (χ0n) is 13.8. The van der Waals surface area contributed by atoms with E-state index >= 15 is 0 Å². The summed E-state index contributed by atoms with van der Waals surface area (Å²) in [6.07, 6.45) is 0. The van der Waals surface area contributed by atoms with Crippen molar-refractivity contribution in [3.05, 3.63) is 24.3 Å². The molecule has 1 aliphatic rings. The van der Waals surface area contributed by atoms with Gasteiger partial charge in [-0.15, -0.1) is 0 Å². The molecule has 0 amide bonds. The number of ether oxygens (including phenoxy) is 3. The molecule has 5 nitrogen and oxygen atoms in total. The molecule has 0 spiro atoms. The Bertz CT molecular complexity index is 420. The summed E-state index contributed by atoms with van der Waals surface area (Å²) >= 11 is 0. The van der Waals surface area contributed by atoms with Crippen molar-refractivity contribution in [3.8, 4) is 11.5 Å². The van der Waals surface area contributed by atoms with E-state index in [2.05, 4.69) is 16.8 Å². The van der Waals surface area contributed by atoms with Gasteiger partial charge in [0.1, 0.15) is 18.1 Å². The molecule has 1 aromatic carbocycles. The Morgan fingerprint density at radius 2 is 1.68 bits per heavy atom. The number of benzene rings is 1. The Labute approximate surface area is 133 Å². The second-order valence-electron chi connectivity index (χ2n) is 5.51. The minimum absolute atomic E-state index is 0.568. The van der Waals surface area contributed by atoms with Crippen molar-refractivity contribution >= 4 is 0 Å². The van der Waals surface area contributed by atoms with Gasteiger partial charge in [0.15, 0.2) is 0 Å². The fourth-order valence-electron chi connectivity index (χ4n) is 2.41. The first-order valence-corrected chi connectivity index (χ1v) is 8.12. The van der Waals surface area contributed by atoms with Gasteiger partial charge in [0, 0.05) is 38.8 Å². The second kappa shape index (κ2) is 9.66. The monoisotopic (exact) mass is 308 g/mol. The maximum absolute atomic E-state index is 5.67. The lowest BCUT2D eigenvalue weighted by Gasteiger charge is -2.32. The smallest absolute Gasteiger partial charge is 0.123 e. The Kier molecular flexibility index (Phi) is 7.49. The van der Waals surface area contributed by atoms with Crippen LogP contribution in [-0.2, 0) is 4.74 Å². The normalized spacial score (nSPS) is 16.6. The standard InChI is InChI=1S/C17H28N2O3/c1-3-21-16-5-4-6-17(15-16)22-14-13-20-12-11-19-9-7-18(2)8-10-19/h4-6,15H,3,7-14H2,1-2H3. The van der Waals surface area contributed by atoms with Crippen LogP contribution in [0.5, 0.6) is 11.5 Å². The molecule has 124 valence electrons. The van der Waals surface area contributed by atoms with Crippen LogP contribution < -0.4 is 9.47 Å². The van der Waals surface area contributed by atoms with Crippen LogP contribution in [0.4, 0.5) is 0 Å².